The summed E-state index contributed by atoms with van der Waals surface area (Å²) in [5, 5.41) is 0. The van der Waals surface area contributed by atoms with Crippen molar-refractivity contribution >= 4 is 6.09 Å². The highest BCUT2D eigenvalue weighted by molar-refractivity contribution is 5.68. The van der Waals surface area contributed by atoms with Gasteiger partial charge in [0.05, 0.1) is 24.9 Å². The lowest BCUT2D eigenvalue weighted by molar-refractivity contribution is -0.00579. The summed E-state index contributed by atoms with van der Waals surface area (Å²) >= 11 is 0. The lowest BCUT2D eigenvalue weighted by atomic mass is 9.97. The molecular formula is C13H23NO4. The summed E-state index contributed by atoms with van der Waals surface area (Å²) in [6, 6.07) is 0.0848. The minimum absolute atomic E-state index is 0.0848. The molecule has 2 aliphatic heterocycles. The van der Waals surface area contributed by atoms with Gasteiger partial charge in [0.1, 0.15) is 5.60 Å². The van der Waals surface area contributed by atoms with Crippen LogP contribution in [0.4, 0.5) is 4.79 Å². The van der Waals surface area contributed by atoms with Crippen molar-refractivity contribution in [3.63, 3.8) is 0 Å². The van der Waals surface area contributed by atoms with Gasteiger partial charge in [-0.15, -0.1) is 0 Å². The molecule has 0 radical (unpaired) electrons. The van der Waals surface area contributed by atoms with Gasteiger partial charge in [0.15, 0.2) is 0 Å². The zero-order valence-electron chi connectivity index (χ0n) is 11.7. The molecule has 0 bridgehead atoms. The molecule has 104 valence electrons. The fourth-order valence-electron chi connectivity index (χ4n) is 2.42. The van der Waals surface area contributed by atoms with Crippen LogP contribution in [0.15, 0.2) is 0 Å². The van der Waals surface area contributed by atoms with Gasteiger partial charge < -0.3 is 19.1 Å². The van der Waals surface area contributed by atoms with Crippen LogP contribution in [0.25, 0.3) is 0 Å². The summed E-state index contributed by atoms with van der Waals surface area (Å²) in [6.45, 7) is 7.58. The van der Waals surface area contributed by atoms with E-state index in [0.29, 0.717) is 13.2 Å². The number of hydrogen-bond acceptors (Lipinski definition) is 4. The predicted molar refractivity (Wildman–Crippen MR) is 66.5 cm³/mol. The molecule has 1 amide bonds. The Hall–Kier alpha value is -0.810. The molecule has 5 nitrogen and oxygen atoms in total. The molecule has 0 unspecified atom stereocenters. The average molecular weight is 257 g/mol. The van der Waals surface area contributed by atoms with Crippen molar-refractivity contribution in [2.45, 2.75) is 50.9 Å². The van der Waals surface area contributed by atoms with Crippen molar-refractivity contribution in [2.75, 3.05) is 26.9 Å². The van der Waals surface area contributed by atoms with Crippen LogP contribution in [0.2, 0.25) is 0 Å². The van der Waals surface area contributed by atoms with Gasteiger partial charge in [-0.3, -0.25) is 0 Å². The fourth-order valence-corrected chi connectivity index (χ4v) is 2.42. The fraction of sp³-hybridized carbons (Fsp3) is 0.923. The number of likely N-dealkylation sites (N-methyl/N-ethyl adjacent to an activating group) is 1. The molecule has 2 heterocycles. The van der Waals surface area contributed by atoms with Crippen molar-refractivity contribution in [1.82, 2.24) is 4.90 Å². The molecule has 1 spiro atoms. The highest BCUT2D eigenvalue weighted by Crippen LogP contribution is 2.35. The van der Waals surface area contributed by atoms with Crippen LogP contribution in [0.3, 0.4) is 0 Å². The largest absolute Gasteiger partial charge is 0.444 e. The Morgan fingerprint density at radius 2 is 2.17 bits per heavy atom. The summed E-state index contributed by atoms with van der Waals surface area (Å²) in [6.07, 6.45) is 1.47. The first kappa shape index (κ1) is 13.6. The number of amides is 1. The van der Waals surface area contributed by atoms with Crippen molar-refractivity contribution in [3.05, 3.63) is 0 Å². The van der Waals surface area contributed by atoms with Gasteiger partial charge in [0.25, 0.3) is 0 Å². The first-order valence-electron chi connectivity index (χ1n) is 6.49. The van der Waals surface area contributed by atoms with E-state index in [0.717, 1.165) is 19.4 Å². The van der Waals surface area contributed by atoms with Crippen molar-refractivity contribution in [3.8, 4) is 0 Å². The van der Waals surface area contributed by atoms with Gasteiger partial charge in [0.2, 0.25) is 0 Å². The molecular weight excluding hydrogens is 234 g/mol. The van der Waals surface area contributed by atoms with Gasteiger partial charge in [-0.25, -0.2) is 4.79 Å². The zero-order valence-corrected chi connectivity index (χ0v) is 11.7. The molecule has 2 atom stereocenters. The minimum atomic E-state index is -0.459. The second kappa shape index (κ2) is 4.70. The maximum absolute atomic E-state index is 12.0. The lowest BCUT2D eigenvalue weighted by Crippen LogP contribution is -2.41. The Labute approximate surface area is 108 Å². The number of rotatable bonds is 1. The molecule has 0 aromatic rings. The number of carbonyl (C=O) groups excluding carboxylic acids is 1. The van der Waals surface area contributed by atoms with Crippen LogP contribution in [-0.2, 0) is 14.2 Å². The Kier molecular flexibility index (Phi) is 3.56. The highest BCUT2D eigenvalue weighted by Gasteiger charge is 2.45. The maximum atomic E-state index is 12.0. The van der Waals surface area contributed by atoms with E-state index in [1.54, 1.807) is 11.9 Å². The summed E-state index contributed by atoms with van der Waals surface area (Å²) in [4.78, 5) is 13.6. The first-order chi connectivity index (χ1) is 8.31. The average Bonchev–Trinajstić information content (AvgIpc) is 2.86. The third kappa shape index (κ3) is 2.95. The van der Waals surface area contributed by atoms with Crippen LogP contribution in [0, 0.1) is 0 Å². The zero-order chi connectivity index (χ0) is 13.4. The SMILES string of the molecule is CN(C(=O)OC(C)(C)C)[C@H]1CO[C@@]2(CCOC2)C1. The maximum Gasteiger partial charge on any atom is 0.410 e. The van der Waals surface area contributed by atoms with Crippen molar-refractivity contribution < 1.29 is 19.0 Å². The van der Waals surface area contributed by atoms with Crippen LogP contribution in [-0.4, -0.2) is 55.1 Å². The predicted octanol–water partition coefficient (Wildman–Crippen LogP) is 1.80. The normalized spacial score (nSPS) is 31.9. The van der Waals surface area contributed by atoms with E-state index < -0.39 is 5.60 Å². The molecule has 2 aliphatic rings. The van der Waals surface area contributed by atoms with Crippen LogP contribution in [0.5, 0.6) is 0 Å². The highest BCUT2D eigenvalue weighted by atomic mass is 16.6. The molecule has 0 aromatic heterocycles. The topological polar surface area (TPSA) is 48.0 Å². The molecule has 5 heteroatoms. The second-order valence-electron chi connectivity index (χ2n) is 6.25. The Bertz CT molecular complexity index is 317. The Balaban J connectivity index is 1.90. The van der Waals surface area contributed by atoms with E-state index in [1.165, 1.54) is 0 Å². The van der Waals surface area contributed by atoms with E-state index in [9.17, 15) is 4.79 Å². The Morgan fingerprint density at radius 1 is 1.44 bits per heavy atom. The molecule has 18 heavy (non-hydrogen) atoms. The van der Waals surface area contributed by atoms with Gasteiger partial charge >= 0.3 is 6.09 Å². The smallest absolute Gasteiger partial charge is 0.410 e. The van der Waals surface area contributed by atoms with E-state index in [2.05, 4.69) is 0 Å². The summed E-state index contributed by atoms with van der Waals surface area (Å²) in [5.74, 6) is 0. The second-order valence-corrected chi connectivity index (χ2v) is 6.25. The quantitative estimate of drug-likeness (QED) is 0.718. The van der Waals surface area contributed by atoms with E-state index >= 15 is 0 Å². The van der Waals surface area contributed by atoms with Gasteiger partial charge in [0, 0.05) is 26.5 Å². The molecule has 2 fully saturated rings. The number of nitrogens with zero attached hydrogens (tertiary/aromatic N) is 1. The standard InChI is InChI=1S/C13H23NO4/c1-12(2,3)18-11(15)14(4)10-7-13(17-8-10)5-6-16-9-13/h10H,5-9H2,1-4H3/t10-,13+/m1/s1. The van der Waals surface area contributed by atoms with Crippen LogP contribution >= 0.6 is 0 Å². The van der Waals surface area contributed by atoms with E-state index in [4.69, 9.17) is 14.2 Å². The van der Waals surface area contributed by atoms with Crippen LogP contribution in [0.1, 0.15) is 33.6 Å². The number of carbonyl (C=O) groups is 1. The summed E-state index contributed by atoms with van der Waals surface area (Å²) < 4.78 is 16.6. The lowest BCUT2D eigenvalue weighted by Gasteiger charge is -2.28. The van der Waals surface area contributed by atoms with Gasteiger partial charge in [-0.1, -0.05) is 0 Å². The molecule has 0 aromatic carbocycles. The third-order valence-electron chi connectivity index (χ3n) is 3.49. The molecule has 0 aliphatic carbocycles. The first-order valence-corrected chi connectivity index (χ1v) is 6.49. The van der Waals surface area contributed by atoms with Gasteiger partial charge in [-0.2, -0.15) is 0 Å². The minimum Gasteiger partial charge on any atom is -0.444 e. The molecule has 0 N–H and O–H groups in total. The Morgan fingerprint density at radius 3 is 2.72 bits per heavy atom. The number of hydrogen-bond donors (Lipinski definition) is 0. The molecule has 2 saturated heterocycles. The summed E-state index contributed by atoms with van der Waals surface area (Å²) in [7, 11) is 1.77. The molecule has 0 saturated carbocycles. The number of ether oxygens (including phenoxy) is 3. The molecule has 2 rings (SSSR count). The third-order valence-corrected chi connectivity index (χ3v) is 3.49. The monoisotopic (exact) mass is 257 g/mol. The van der Waals surface area contributed by atoms with Crippen molar-refractivity contribution in [1.29, 1.82) is 0 Å². The van der Waals surface area contributed by atoms with E-state index in [-0.39, 0.29) is 17.7 Å². The summed E-state index contributed by atoms with van der Waals surface area (Å²) in [5.41, 5.74) is -0.625. The van der Waals surface area contributed by atoms with E-state index in [1.807, 2.05) is 20.8 Å². The van der Waals surface area contributed by atoms with Gasteiger partial charge in [-0.05, 0) is 20.8 Å². The van der Waals surface area contributed by atoms with Crippen molar-refractivity contribution in [2.24, 2.45) is 0 Å². The van der Waals surface area contributed by atoms with Crippen LogP contribution < -0.4 is 0 Å².